The number of aromatic nitrogens is 3. The van der Waals surface area contributed by atoms with E-state index in [1.165, 1.54) is 18.2 Å². The van der Waals surface area contributed by atoms with Gasteiger partial charge in [0.25, 0.3) is 6.01 Å². The van der Waals surface area contributed by atoms with Crippen LogP contribution >= 0.6 is 11.6 Å². The highest BCUT2D eigenvalue weighted by atomic mass is 35.5. The van der Waals surface area contributed by atoms with Crippen LogP contribution in [0.5, 0.6) is 11.8 Å². The van der Waals surface area contributed by atoms with Gasteiger partial charge in [-0.2, -0.15) is 4.98 Å². The van der Waals surface area contributed by atoms with Gasteiger partial charge in [-0.25, -0.2) is 4.98 Å². The molecule has 4 unspecified atom stereocenters. The van der Waals surface area contributed by atoms with Gasteiger partial charge in [0.1, 0.15) is 29.9 Å². The van der Waals surface area contributed by atoms with Crippen molar-refractivity contribution in [2.45, 2.75) is 43.7 Å². The van der Waals surface area contributed by atoms with E-state index in [9.17, 15) is 18.3 Å². The average molecular weight is 513 g/mol. The van der Waals surface area contributed by atoms with E-state index in [4.69, 9.17) is 25.8 Å². The van der Waals surface area contributed by atoms with Crippen LogP contribution in [0, 0.1) is 5.41 Å². The van der Waals surface area contributed by atoms with Crippen molar-refractivity contribution in [3.63, 3.8) is 0 Å². The highest BCUT2D eigenvalue weighted by Crippen LogP contribution is 2.58. The van der Waals surface area contributed by atoms with Gasteiger partial charge in [0.15, 0.2) is 5.65 Å². The Labute approximate surface area is 201 Å². The maximum atomic E-state index is 12.7. The van der Waals surface area contributed by atoms with Gasteiger partial charge >= 0.3 is 6.36 Å². The Kier molecular flexibility index (Phi) is 5.25. The van der Waals surface area contributed by atoms with Gasteiger partial charge in [0, 0.05) is 12.1 Å². The third kappa shape index (κ3) is 4.14. The van der Waals surface area contributed by atoms with Crippen molar-refractivity contribution in [2.24, 2.45) is 5.41 Å². The lowest BCUT2D eigenvalue weighted by atomic mass is 9.98. The second-order valence-electron chi connectivity index (χ2n) is 8.88. The number of ether oxygens (including phenoxy) is 4. The third-order valence-electron chi connectivity index (χ3n) is 6.59. The first-order valence-corrected chi connectivity index (χ1v) is 11.3. The summed E-state index contributed by atoms with van der Waals surface area (Å²) >= 11 is 6.33. The number of aliphatic hydroxyl groups is 1. The van der Waals surface area contributed by atoms with E-state index in [0.29, 0.717) is 17.8 Å². The van der Waals surface area contributed by atoms with Crippen molar-refractivity contribution in [2.75, 3.05) is 18.5 Å². The number of hydrogen-bond acceptors (Lipinski definition) is 8. The van der Waals surface area contributed by atoms with Crippen LogP contribution in [0.3, 0.4) is 0 Å². The van der Waals surface area contributed by atoms with Gasteiger partial charge in [-0.1, -0.05) is 29.8 Å². The number of imidazole rings is 1. The van der Waals surface area contributed by atoms with Gasteiger partial charge in [0.2, 0.25) is 0 Å². The molecule has 1 aliphatic carbocycles. The Morgan fingerprint density at radius 1 is 1.26 bits per heavy atom. The summed E-state index contributed by atoms with van der Waals surface area (Å²) in [6, 6.07) is 7.67. The number of halogens is 4. The summed E-state index contributed by atoms with van der Waals surface area (Å²) in [5, 5.41) is 13.2. The molecule has 2 saturated heterocycles. The Morgan fingerprint density at radius 3 is 2.91 bits per heavy atom. The van der Waals surface area contributed by atoms with Crippen LogP contribution in [-0.2, 0) is 16.0 Å². The molecule has 4 heterocycles. The maximum absolute atomic E-state index is 12.7. The first kappa shape index (κ1) is 22.7. The van der Waals surface area contributed by atoms with Crippen molar-refractivity contribution in [1.82, 2.24) is 15.0 Å². The number of anilines is 1. The quantitative estimate of drug-likeness (QED) is 0.461. The maximum Gasteiger partial charge on any atom is 0.573 e. The van der Waals surface area contributed by atoms with Gasteiger partial charge in [0.05, 0.1) is 35.3 Å². The molecule has 3 aliphatic rings. The van der Waals surface area contributed by atoms with Crippen LogP contribution in [0.15, 0.2) is 30.3 Å². The van der Waals surface area contributed by atoms with Gasteiger partial charge in [-0.15, -0.1) is 13.2 Å². The number of alkyl halides is 3. The normalized spacial score (nSPS) is 29.5. The monoisotopic (exact) mass is 512 g/mol. The highest BCUT2D eigenvalue weighted by molar-refractivity contribution is 6.33. The van der Waals surface area contributed by atoms with Crippen LogP contribution in [-0.4, -0.2) is 64.1 Å². The SMILES string of the molecule is O[C@@H]1COC2C1OCC21CC1Oc1nc2nc(NCc3ccccc3OC(F)(F)F)c(Cl)cc2[nH]1. The number of rotatable bonds is 6. The molecule has 6 rings (SSSR count). The van der Waals surface area contributed by atoms with Crippen molar-refractivity contribution >= 4 is 28.6 Å². The predicted molar refractivity (Wildman–Crippen MR) is 116 cm³/mol. The lowest BCUT2D eigenvalue weighted by molar-refractivity contribution is -0.274. The van der Waals surface area contributed by atoms with Gasteiger partial charge in [-0.05, 0) is 18.6 Å². The number of H-pyrrole nitrogens is 1. The van der Waals surface area contributed by atoms with E-state index in [1.54, 1.807) is 12.1 Å². The van der Waals surface area contributed by atoms with E-state index >= 15 is 0 Å². The Morgan fingerprint density at radius 2 is 2.09 bits per heavy atom. The van der Waals surface area contributed by atoms with Crippen LogP contribution < -0.4 is 14.8 Å². The molecular weight excluding hydrogens is 493 g/mol. The minimum absolute atomic E-state index is 0.00272. The summed E-state index contributed by atoms with van der Waals surface area (Å²) in [7, 11) is 0. The van der Waals surface area contributed by atoms with Crippen LogP contribution in [0.1, 0.15) is 12.0 Å². The minimum Gasteiger partial charge on any atom is -0.461 e. The molecule has 13 heteroatoms. The second kappa shape index (κ2) is 8.12. The second-order valence-corrected chi connectivity index (χ2v) is 9.29. The number of fused-ring (bicyclic) bond motifs is 3. The first-order valence-electron chi connectivity index (χ1n) is 10.9. The smallest absolute Gasteiger partial charge is 0.461 e. The molecule has 0 bridgehead atoms. The molecule has 1 aromatic carbocycles. The van der Waals surface area contributed by atoms with E-state index in [1.807, 2.05) is 0 Å². The fourth-order valence-corrected chi connectivity index (χ4v) is 5.00. The molecule has 2 aliphatic heterocycles. The fourth-order valence-electron chi connectivity index (χ4n) is 4.78. The van der Waals surface area contributed by atoms with E-state index in [-0.39, 0.29) is 65.0 Å². The summed E-state index contributed by atoms with van der Waals surface area (Å²) in [6.07, 6.45) is -5.43. The van der Waals surface area contributed by atoms with Crippen molar-refractivity contribution in [1.29, 1.82) is 0 Å². The highest BCUT2D eigenvalue weighted by Gasteiger charge is 2.70. The fraction of sp³-hybridized carbons (Fsp3) is 0.455. The minimum atomic E-state index is -4.80. The molecular formula is C22H20ClF3N4O5. The van der Waals surface area contributed by atoms with Crippen LogP contribution in [0.2, 0.25) is 5.02 Å². The van der Waals surface area contributed by atoms with Crippen molar-refractivity contribution < 1.29 is 37.2 Å². The summed E-state index contributed by atoms with van der Waals surface area (Å²) in [5.74, 6) is -0.0577. The molecule has 35 heavy (non-hydrogen) atoms. The molecule has 3 aromatic rings. The van der Waals surface area contributed by atoms with E-state index in [0.717, 1.165) is 6.42 Å². The number of para-hydroxylation sites is 1. The Balaban J connectivity index is 1.15. The number of nitrogens with zero attached hydrogens (tertiary/aromatic N) is 2. The lowest BCUT2D eigenvalue weighted by Gasteiger charge is -2.15. The lowest BCUT2D eigenvalue weighted by Crippen LogP contribution is -2.31. The summed E-state index contributed by atoms with van der Waals surface area (Å²) in [6.45, 7) is 0.693. The summed E-state index contributed by atoms with van der Waals surface area (Å²) < 4.78 is 59.6. The number of pyridine rings is 1. The zero-order valence-electron chi connectivity index (χ0n) is 18.0. The van der Waals surface area contributed by atoms with Crippen molar-refractivity contribution in [3.05, 3.63) is 40.9 Å². The van der Waals surface area contributed by atoms with Crippen molar-refractivity contribution in [3.8, 4) is 11.8 Å². The molecule has 1 saturated carbocycles. The molecule has 9 nitrogen and oxygen atoms in total. The Hall–Kier alpha value is -2.80. The predicted octanol–water partition coefficient (Wildman–Crippen LogP) is 3.42. The van der Waals surface area contributed by atoms with Crippen LogP contribution in [0.4, 0.5) is 19.0 Å². The molecule has 0 amide bonds. The molecule has 186 valence electrons. The molecule has 0 radical (unpaired) electrons. The van der Waals surface area contributed by atoms with E-state index in [2.05, 4.69) is 25.0 Å². The Bertz CT molecular complexity index is 1270. The number of aliphatic hydroxyl groups excluding tert-OH is 1. The number of hydrogen-bond donors (Lipinski definition) is 3. The summed E-state index contributed by atoms with van der Waals surface area (Å²) in [5.41, 5.74) is 0.850. The molecule has 3 fully saturated rings. The standard InChI is InChI=1S/C22H20ClF3N4O5/c23-11-5-12-19(29-18(11)27-7-10-3-1-2-4-14(10)35-22(24,25)26)30-20(28-12)34-15-6-21(15)9-33-16-13(31)8-32-17(16)21/h1-5,13,15-17,31H,6-9H2,(H2,27,28,29,30)/t13-,15?,16?,17?,21?/m1/s1. The summed E-state index contributed by atoms with van der Waals surface area (Å²) in [4.78, 5) is 11.8. The number of nitrogens with one attached hydrogen (secondary N) is 2. The number of aromatic amines is 1. The average Bonchev–Trinajstić information content (AvgIpc) is 3.06. The third-order valence-corrected chi connectivity index (χ3v) is 6.87. The number of benzene rings is 1. The first-order chi connectivity index (χ1) is 16.7. The molecule has 3 N–H and O–H groups in total. The largest absolute Gasteiger partial charge is 0.573 e. The van der Waals surface area contributed by atoms with Crippen LogP contribution in [0.25, 0.3) is 11.2 Å². The molecule has 5 atom stereocenters. The van der Waals surface area contributed by atoms with Gasteiger partial charge < -0.3 is 34.4 Å². The topological polar surface area (TPSA) is 111 Å². The molecule has 1 spiro atoms. The zero-order valence-corrected chi connectivity index (χ0v) is 18.8. The van der Waals surface area contributed by atoms with Gasteiger partial charge in [-0.3, -0.25) is 0 Å². The zero-order chi connectivity index (χ0) is 24.4. The van der Waals surface area contributed by atoms with E-state index < -0.39 is 12.5 Å². The molecule has 2 aromatic heterocycles.